The van der Waals surface area contributed by atoms with Crippen molar-refractivity contribution in [3.63, 3.8) is 0 Å². The standard InChI is InChI=1S/C44H66N12O16S/c1-22(2)35(55-40(67)32(20-60)53-38(65)30(18-58)52-39(66)31(19-59)54-41(68)33-5-4-11-56(33)43(70)26(45)17-57)42(69)47-16-34(62)49-28(13-23-6-8-25(61)9-7-23)37(64)50-27(10-12-73-3)36(63)51-29(44(71)72)14-24-15-46-21-48-24/h6-9,15,21-22,26-33,35,57-61H,4-5,10-14,16-20,45H2,1-3H3,(H,46,48)(H,47,69)(H,49,62)(H,50,64)(H,51,63)(H,52,66)(H,53,65)(H,54,68)(H,55,67)(H,71,72)/t26-,27-,28-,29-,30-,31-,32-,33-,35-/m0/s1. The van der Waals surface area contributed by atoms with E-state index in [4.69, 9.17) is 5.73 Å². The van der Waals surface area contributed by atoms with Crippen LogP contribution in [0.4, 0.5) is 0 Å². The summed E-state index contributed by atoms with van der Waals surface area (Å²) in [6, 6.07) is -7.47. The molecular formula is C44H66N12O16S. The Labute approximate surface area is 423 Å². The number of amides is 9. The Hall–Kier alpha value is -6.92. The first-order valence-electron chi connectivity index (χ1n) is 23.0. The van der Waals surface area contributed by atoms with Gasteiger partial charge in [-0.1, -0.05) is 26.0 Å². The molecule has 1 aromatic heterocycles. The van der Waals surface area contributed by atoms with E-state index in [0.717, 1.165) is 4.90 Å². The summed E-state index contributed by atoms with van der Waals surface area (Å²) < 4.78 is 0. The van der Waals surface area contributed by atoms with Crippen molar-refractivity contribution in [3.8, 4) is 5.75 Å². The van der Waals surface area contributed by atoms with Crippen LogP contribution < -0.4 is 48.3 Å². The molecule has 3 rings (SSSR count). The topological polar surface area (TPSA) is 446 Å². The summed E-state index contributed by atoms with van der Waals surface area (Å²) in [4.78, 5) is 139. The van der Waals surface area contributed by atoms with Gasteiger partial charge >= 0.3 is 5.97 Å². The molecule has 1 aliphatic heterocycles. The number of carboxylic acids is 1. The van der Waals surface area contributed by atoms with E-state index in [1.165, 1.54) is 62.4 Å². The van der Waals surface area contributed by atoms with Gasteiger partial charge in [-0.25, -0.2) is 9.78 Å². The number of thioether (sulfide) groups is 1. The summed E-state index contributed by atoms with van der Waals surface area (Å²) in [6.07, 6.45) is 4.82. The molecule has 1 aromatic carbocycles. The molecule has 1 aliphatic rings. The number of H-pyrrole nitrogens is 1. The number of aromatic hydroxyl groups is 1. The highest BCUT2D eigenvalue weighted by molar-refractivity contribution is 7.98. The number of hydrogen-bond acceptors (Lipinski definition) is 18. The molecule has 0 saturated carbocycles. The number of benzene rings is 1. The number of phenols is 1. The SMILES string of the molecule is CSCC[C@H](NC(=O)[C@H](Cc1ccc(O)cc1)NC(=O)CNC(=O)[C@@H](NC(=O)[C@H](CO)NC(=O)[C@H](CO)NC(=O)[C@H](CO)NC(=O)[C@@H]1CCCN1C(=O)[C@@H](N)CO)C(C)C)C(=O)N[C@@H](Cc1cnc[nH]1)C(=O)O. The van der Waals surface area contributed by atoms with E-state index in [1.807, 2.05) is 0 Å². The maximum Gasteiger partial charge on any atom is 0.326 e. The maximum atomic E-state index is 13.9. The third-order valence-corrected chi connectivity index (χ3v) is 12.0. The number of carbonyl (C=O) groups excluding carboxylic acids is 9. The van der Waals surface area contributed by atoms with Crippen molar-refractivity contribution in [2.45, 2.75) is 100 Å². The molecular weight excluding hydrogens is 985 g/mol. The van der Waals surface area contributed by atoms with Crippen LogP contribution >= 0.6 is 11.8 Å². The summed E-state index contributed by atoms with van der Waals surface area (Å²) in [5, 5.41) is 77.6. The van der Waals surface area contributed by atoms with Crippen LogP contribution in [0.3, 0.4) is 0 Å². The Morgan fingerprint density at radius 3 is 1.81 bits per heavy atom. The number of aliphatic carboxylic acids is 1. The molecule has 2 heterocycles. The van der Waals surface area contributed by atoms with Gasteiger partial charge in [0.05, 0.1) is 39.3 Å². The number of nitrogens with two attached hydrogens (primary N) is 1. The number of carbonyl (C=O) groups is 10. The fourth-order valence-electron chi connectivity index (χ4n) is 7.24. The van der Waals surface area contributed by atoms with Gasteiger partial charge in [0.25, 0.3) is 0 Å². The Kier molecular flexibility index (Phi) is 25.0. The van der Waals surface area contributed by atoms with Crippen LogP contribution in [0.1, 0.15) is 44.4 Å². The van der Waals surface area contributed by atoms with Crippen molar-refractivity contribution in [1.82, 2.24) is 57.4 Å². The quantitative estimate of drug-likeness (QED) is 0.0346. The molecule has 1 saturated heterocycles. The average molecular weight is 1050 g/mol. The number of rotatable bonds is 30. The zero-order valence-corrected chi connectivity index (χ0v) is 41.2. The molecule has 0 spiro atoms. The lowest BCUT2D eigenvalue weighted by molar-refractivity contribution is -0.142. The van der Waals surface area contributed by atoms with Crippen LogP contribution in [0.2, 0.25) is 0 Å². The minimum Gasteiger partial charge on any atom is -0.508 e. The number of aliphatic hydroxyl groups is 4. The first kappa shape index (κ1) is 60.4. The monoisotopic (exact) mass is 1050 g/mol. The fraction of sp³-hybridized carbons (Fsp3) is 0.568. The second-order valence-electron chi connectivity index (χ2n) is 17.2. The number of aromatic nitrogens is 2. The first-order chi connectivity index (χ1) is 34.7. The molecule has 0 bridgehead atoms. The lowest BCUT2D eigenvalue weighted by Crippen LogP contribution is -2.61. The Morgan fingerprint density at radius 2 is 1.27 bits per heavy atom. The molecule has 29 heteroatoms. The third-order valence-electron chi connectivity index (χ3n) is 11.3. The Bertz CT molecular complexity index is 2200. The molecule has 17 N–H and O–H groups in total. The van der Waals surface area contributed by atoms with Crippen LogP contribution in [0, 0.1) is 5.92 Å². The second kappa shape index (κ2) is 30.2. The molecule has 28 nitrogen and oxygen atoms in total. The number of carboxylic acid groups (broad SMARTS) is 1. The summed E-state index contributed by atoms with van der Waals surface area (Å²) in [6.45, 7) is -1.37. The highest BCUT2D eigenvalue weighted by atomic mass is 32.2. The second-order valence-corrected chi connectivity index (χ2v) is 18.2. The van der Waals surface area contributed by atoms with Gasteiger partial charge in [0.15, 0.2) is 0 Å². The van der Waals surface area contributed by atoms with E-state index in [2.05, 4.69) is 52.5 Å². The smallest absolute Gasteiger partial charge is 0.326 e. The molecule has 0 aliphatic carbocycles. The van der Waals surface area contributed by atoms with E-state index in [0.29, 0.717) is 23.4 Å². The normalized spacial score (nSPS) is 16.5. The lowest BCUT2D eigenvalue weighted by Gasteiger charge is -2.28. The molecule has 9 atom stereocenters. The van der Waals surface area contributed by atoms with Gasteiger partial charge in [0.1, 0.15) is 60.1 Å². The number of nitrogens with zero attached hydrogens (tertiary/aromatic N) is 2. The maximum absolute atomic E-state index is 13.9. The van der Waals surface area contributed by atoms with Crippen LogP contribution in [-0.4, -0.2) is 211 Å². The highest BCUT2D eigenvalue weighted by Crippen LogP contribution is 2.19. The van der Waals surface area contributed by atoms with Gasteiger partial charge < -0.3 is 88.8 Å². The van der Waals surface area contributed by atoms with Crippen molar-refractivity contribution in [2.75, 3.05) is 51.5 Å². The van der Waals surface area contributed by atoms with Gasteiger partial charge in [0.2, 0.25) is 53.2 Å². The number of aliphatic hydroxyl groups excluding tert-OH is 4. The predicted molar refractivity (Wildman–Crippen MR) is 257 cm³/mol. The average Bonchev–Trinajstić information content (AvgIpc) is 4.09. The number of likely N-dealkylation sites (tertiary alicyclic amines) is 1. The van der Waals surface area contributed by atoms with Crippen molar-refractivity contribution < 1.29 is 78.6 Å². The lowest BCUT2D eigenvalue weighted by atomic mass is 10.0. The molecule has 73 heavy (non-hydrogen) atoms. The van der Waals surface area contributed by atoms with Gasteiger partial charge in [0, 0.05) is 31.3 Å². The number of hydrogen-bond donors (Lipinski definition) is 16. The molecule has 0 unspecified atom stereocenters. The number of aromatic amines is 1. The highest BCUT2D eigenvalue weighted by Gasteiger charge is 2.39. The largest absolute Gasteiger partial charge is 0.508 e. The number of imidazole rings is 1. The van der Waals surface area contributed by atoms with Crippen molar-refractivity contribution in [2.24, 2.45) is 11.7 Å². The first-order valence-corrected chi connectivity index (χ1v) is 24.4. The van der Waals surface area contributed by atoms with Crippen LogP contribution in [0.15, 0.2) is 36.8 Å². The minimum absolute atomic E-state index is 0.0642. The van der Waals surface area contributed by atoms with Crippen molar-refractivity contribution in [3.05, 3.63) is 48.0 Å². The van der Waals surface area contributed by atoms with E-state index in [1.54, 1.807) is 6.26 Å². The van der Waals surface area contributed by atoms with E-state index < -0.39 is 152 Å². The molecule has 2 aromatic rings. The zero-order chi connectivity index (χ0) is 54.4. The molecule has 0 radical (unpaired) electrons. The summed E-state index contributed by atoms with van der Waals surface area (Å²) in [5.41, 5.74) is 6.50. The van der Waals surface area contributed by atoms with Crippen molar-refractivity contribution in [1.29, 1.82) is 0 Å². The van der Waals surface area contributed by atoms with Crippen LogP contribution in [0.5, 0.6) is 5.75 Å². The predicted octanol–water partition coefficient (Wildman–Crippen LogP) is -6.81. The van der Waals surface area contributed by atoms with Gasteiger partial charge in [-0.15, -0.1) is 0 Å². The fourth-order valence-corrected chi connectivity index (χ4v) is 7.71. The Balaban J connectivity index is 1.65. The summed E-state index contributed by atoms with van der Waals surface area (Å²) >= 11 is 1.35. The van der Waals surface area contributed by atoms with E-state index in [-0.39, 0.29) is 38.0 Å². The van der Waals surface area contributed by atoms with Crippen LogP contribution in [-0.2, 0) is 60.8 Å². The third kappa shape index (κ3) is 18.9. The molecule has 9 amide bonds. The van der Waals surface area contributed by atoms with Crippen molar-refractivity contribution >= 4 is 70.9 Å². The van der Waals surface area contributed by atoms with Gasteiger partial charge in [-0.05, 0) is 54.9 Å². The zero-order valence-electron chi connectivity index (χ0n) is 40.4. The number of phenolic OH excluding ortho intramolecular Hbond substituents is 1. The summed E-state index contributed by atoms with van der Waals surface area (Å²) in [7, 11) is 0. The van der Waals surface area contributed by atoms with Gasteiger partial charge in [-0.3, -0.25) is 43.2 Å². The number of nitrogens with one attached hydrogen (secondary N) is 9. The van der Waals surface area contributed by atoms with E-state index in [9.17, 15) is 78.6 Å². The molecule has 1 fully saturated rings. The van der Waals surface area contributed by atoms with Gasteiger partial charge in [-0.2, -0.15) is 11.8 Å². The Morgan fingerprint density at radius 1 is 0.726 bits per heavy atom. The van der Waals surface area contributed by atoms with E-state index >= 15 is 0 Å². The molecule has 404 valence electrons. The minimum atomic E-state index is -1.81. The van der Waals surface area contributed by atoms with Crippen LogP contribution in [0.25, 0.3) is 0 Å². The summed E-state index contributed by atoms with van der Waals surface area (Å²) in [5.74, 6) is -10.3.